The topological polar surface area (TPSA) is 33.2 Å². The molecule has 0 bridgehead atoms. The number of rotatable bonds is 3. The highest BCUT2D eigenvalue weighted by atomic mass is 16.2. The van der Waals surface area contributed by atoms with Crippen molar-refractivity contribution in [3.63, 3.8) is 0 Å². The van der Waals surface area contributed by atoms with E-state index in [-0.39, 0.29) is 11.3 Å². The Kier molecular flexibility index (Phi) is 4.65. The van der Waals surface area contributed by atoms with E-state index in [1.807, 2.05) is 50.4 Å². The van der Waals surface area contributed by atoms with Crippen LogP contribution < -0.4 is 0 Å². The first kappa shape index (κ1) is 16.2. The maximum Gasteiger partial charge on any atom is 0.253 e. The zero-order valence-corrected chi connectivity index (χ0v) is 14.1. The van der Waals surface area contributed by atoms with E-state index in [1.54, 1.807) is 11.1 Å². The minimum atomic E-state index is 0.0190. The number of aryl methyl sites for hydroxylation is 1. The van der Waals surface area contributed by atoms with Crippen molar-refractivity contribution in [3.8, 4) is 0 Å². The molecule has 22 heavy (non-hydrogen) atoms. The molecule has 0 aliphatic carbocycles. The number of hydrogen-bond donors (Lipinski definition) is 0. The molecule has 0 aliphatic heterocycles. The van der Waals surface area contributed by atoms with E-state index in [1.165, 1.54) is 5.56 Å². The Morgan fingerprint density at radius 3 is 2.32 bits per heavy atom. The molecule has 2 aromatic rings. The summed E-state index contributed by atoms with van der Waals surface area (Å²) in [6.45, 7) is 9.03. The third-order valence-electron chi connectivity index (χ3n) is 3.85. The fraction of sp³-hybridized carbons (Fsp3) is 0.368. The predicted octanol–water partition coefficient (Wildman–Crippen LogP) is 3.96. The van der Waals surface area contributed by atoms with Crippen LogP contribution in [0.1, 0.15) is 48.0 Å². The molecule has 0 saturated heterocycles. The summed E-state index contributed by atoms with van der Waals surface area (Å²) in [5.74, 6) is 0.0190. The smallest absolute Gasteiger partial charge is 0.253 e. The van der Waals surface area contributed by atoms with Gasteiger partial charge in [0.25, 0.3) is 5.91 Å². The van der Waals surface area contributed by atoms with Gasteiger partial charge in [-0.3, -0.25) is 9.78 Å². The van der Waals surface area contributed by atoms with Crippen LogP contribution >= 0.6 is 0 Å². The summed E-state index contributed by atoms with van der Waals surface area (Å²) < 4.78 is 0. The van der Waals surface area contributed by atoms with Gasteiger partial charge in [-0.2, -0.15) is 0 Å². The molecular formula is C19H24N2O. The van der Waals surface area contributed by atoms with Crippen LogP contribution in [0.15, 0.2) is 42.6 Å². The second-order valence-electron chi connectivity index (χ2n) is 6.76. The fourth-order valence-electron chi connectivity index (χ4n) is 2.31. The van der Waals surface area contributed by atoms with Gasteiger partial charge in [-0.15, -0.1) is 0 Å². The van der Waals surface area contributed by atoms with Gasteiger partial charge in [0.1, 0.15) is 0 Å². The third-order valence-corrected chi connectivity index (χ3v) is 3.85. The van der Waals surface area contributed by atoms with Crippen LogP contribution in [0.25, 0.3) is 0 Å². The van der Waals surface area contributed by atoms with Crippen molar-refractivity contribution in [1.82, 2.24) is 9.88 Å². The fourth-order valence-corrected chi connectivity index (χ4v) is 2.31. The first-order chi connectivity index (χ1) is 10.3. The van der Waals surface area contributed by atoms with Gasteiger partial charge >= 0.3 is 0 Å². The van der Waals surface area contributed by atoms with Crippen molar-refractivity contribution in [2.75, 3.05) is 7.05 Å². The van der Waals surface area contributed by atoms with Crippen molar-refractivity contribution in [3.05, 3.63) is 65.0 Å². The maximum atomic E-state index is 12.5. The quantitative estimate of drug-likeness (QED) is 0.859. The summed E-state index contributed by atoms with van der Waals surface area (Å²) in [7, 11) is 1.81. The molecule has 116 valence electrons. The van der Waals surface area contributed by atoms with Crippen LogP contribution in [0, 0.1) is 6.92 Å². The Morgan fingerprint density at radius 1 is 1.14 bits per heavy atom. The number of hydrogen-bond acceptors (Lipinski definition) is 2. The molecule has 0 radical (unpaired) electrons. The zero-order chi connectivity index (χ0) is 16.3. The molecule has 0 spiro atoms. The highest BCUT2D eigenvalue weighted by molar-refractivity contribution is 5.94. The minimum absolute atomic E-state index is 0.0190. The predicted molar refractivity (Wildman–Crippen MR) is 89.9 cm³/mol. The summed E-state index contributed by atoms with van der Waals surface area (Å²) in [5, 5.41) is 0. The summed E-state index contributed by atoms with van der Waals surface area (Å²) in [4.78, 5) is 18.6. The van der Waals surface area contributed by atoms with E-state index in [9.17, 15) is 4.79 Å². The first-order valence-electron chi connectivity index (χ1n) is 7.55. The molecule has 0 N–H and O–H groups in total. The number of benzene rings is 1. The van der Waals surface area contributed by atoms with E-state index >= 15 is 0 Å². The normalized spacial score (nSPS) is 11.3. The first-order valence-corrected chi connectivity index (χ1v) is 7.55. The Balaban J connectivity index is 2.12. The summed E-state index contributed by atoms with van der Waals surface area (Å²) in [5.41, 5.74) is 4.07. The number of carbonyl (C=O) groups is 1. The molecule has 3 nitrogen and oxygen atoms in total. The molecule has 1 aromatic heterocycles. The van der Waals surface area contributed by atoms with Gasteiger partial charge in [-0.1, -0.05) is 39.0 Å². The van der Waals surface area contributed by atoms with Gasteiger partial charge in [0.15, 0.2) is 0 Å². The highest BCUT2D eigenvalue weighted by Crippen LogP contribution is 2.22. The van der Waals surface area contributed by atoms with Crippen LogP contribution in [0.4, 0.5) is 0 Å². The second-order valence-corrected chi connectivity index (χ2v) is 6.76. The van der Waals surface area contributed by atoms with Gasteiger partial charge in [0.05, 0.1) is 12.2 Å². The average Bonchev–Trinajstić information content (AvgIpc) is 2.48. The molecule has 0 aliphatic rings. The van der Waals surface area contributed by atoms with Crippen molar-refractivity contribution in [1.29, 1.82) is 0 Å². The zero-order valence-electron chi connectivity index (χ0n) is 14.1. The van der Waals surface area contributed by atoms with Crippen molar-refractivity contribution in [2.24, 2.45) is 0 Å². The summed E-state index contributed by atoms with van der Waals surface area (Å²) >= 11 is 0. The van der Waals surface area contributed by atoms with Crippen molar-refractivity contribution < 1.29 is 4.79 Å². The standard InChI is InChI=1S/C19H24N2O/c1-14-7-6-12-20-17(14)13-21(5)18(22)15-8-10-16(11-9-15)19(2,3)4/h6-12H,13H2,1-5H3. The van der Waals surface area contributed by atoms with Crippen LogP contribution in [-0.2, 0) is 12.0 Å². The molecule has 1 aromatic carbocycles. The van der Waals surface area contributed by atoms with Crippen LogP contribution in [0.3, 0.4) is 0 Å². The molecule has 1 heterocycles. The number of pyridine rings is 1. The minimum Gasteiger partial charge on any atom is -0.336 e. The van der Waals surface area contributed by atoms with E-state index in [0.29, 0.717) is 12.1 Å². The molecular weight excluding hydrogens is 272 g/mol. The van der Waals surface area contributed by atoms with Crippen molar-refractivity contribution in [2.45, 2.75) is 39.7 Å². The monoisotopic (exact) mass is 296 g/mol. The largest absolute Gasteiger partial charge is 0.336 e. The van der Waals surface area contributed by atoms with E-state index < -0.39 is 0 Å². The molecule has 0 unspecified atom stereocenters. The van der Waals surface area contributed by atoms with Gasteiger partial charge in [-0.05, 0) is 41.7 Å². The SMILES string of the molecule is Cc1cccnc1CN(C)C(=O)c1ccc(C(C)(C)C)cc1. The summed E-state index contributed by atoms with van der Waals surface area (Å²) in [6, 6.07) is 11.8. The Bertz CT molecular complexity index is 654. The highest BCUT2D eigenvalue weighted by Gasteiger charge is 2.16. The molecule has 3 heteroatoms. The maximum absolute atomic E-state index is 12.5. The number of carbonyl (C=O) groups excluding carboxylic acids is 1. The number of nitrogens with zero attached hydrogens (tertiary/aromatic N) is 2. The Morgan fingerprint density at radius 2 is 1.77 bits per heavy atom. The van der Waals surface area contributed by atoms with Gasteiger partial charge in [0, 0.05) is 18.8 Å². The average molecular weight is 296 g/mol. The van der Waals surface area contributed by atoms with E-state index in [0.717, 1.165) is 11.3 Å². The molecule has 0 fully saturated rings. The lowest BCUT2D eigenvalue weighted by molar-refractivity contribution is 0.0783. The van der Waals surface area contributed by atoms with Gasteiger partial charge in [0.2, 0.25) is 0 Å². The molecule has 0 saturated carbocycles. The van der Waals surface area contributed by atoms with Crippen LogP contribution in [0.2, 0.25) is 0 Å². The Hall–Kier alpha value is -2.16. The van der Waals surface area contributed by atoms with Gasteiger partial charge < -0.3 is 4.90 Å². The molecule has 2 rings (SSSR count). The van der Waals surface area contributed by atoms with Gasteiger partial charge in [-0.25, -0.2) is 0 Å². The Labute approximate surface area is 133 Å². The van der Waals surface area contributed by atoms with E-state index in [2.05, 4.69) is 25.8 Å². The lowest BCUT2D eigenvalue weighted by Gasteiger charge is -2.21. The summed E-state index contributed by atoms with van der Waals surface area (Å²) in [6.07, 6.45) is 1.76. The number of aromatic nitrogens is 1. The molecule has 0 atom stereocenters. The molecule has 1 amide bonds. The number of amides is 1. The van der Waals surface area contributed by atoms with Crippen LogP contribution in [-0.4, -0.2) is 22.8 Å². The van der Waals surface area contributed by atoms with E-state index in [4.69, 9.17) is 0 Å². The van der Waals surface area contributed by atoms with Crippen molar-refractivity contribution >= 4 is 5.91 Å². The third kappa shape index (κ3) is 3.73. The second kappa shape index (κ2) is 6.30. The lowest BCUT2D eigenvalue weighted by atomic mass is 9.86. The lowest BCUT2D eigenvalue weighted by Crippen LogP contribution is -2.27. The van der Waals surface area contributed by atoms with Crippen LogP contribution in [0.5, 0.6) is 0 Å².